The van der Waals surface area contributed by atoms with E-state index < -0.39 is 0 Å². The second kappa shape index (κ2) is 7.49. The molecule has 1 aliphatic carbocycles. The van der Waals surface area contributed by atoms with Crippen molar-refractivity contribution in [3.05, 3.63) is 27.8 Å². The SMILES string of the molecule is CC1(C)C[C@@H]2C[C@@](C)(CN2Cc2c(O)c(CN3CCCCCC3)coc2=O)C1. The molecule has 156 valence electrons. The fraction of sp³-hybridized carbons (Fsp3) is 0.783. The van der Waals surface area contributed by atoms with Crippen molar-refractivity contribution in [2.45, 2.75) is 84.8 Å². The summed E-state index contributed by atoms with van der Waals surface area (Å²) < 4.78 is 5.36. The molecule has 0 aromatic carbocycles. The van der Waals surface area contributed by atoms with E-state index in [0.717, 1.165) is 31.6 Å². The van der Waals surface area contributed by atoms with Crippen molar-refractivity contribution in [2.24, 2.45) is 10.8 Å². The predicted octanol–water partition coefficient (Wildman–Crippen LogP) is 4.12. The van der Waals surface area contributed by atoms with E-state index in [-0.39, 0.29) is 11.4 Å². The summed E-state index contributed by atoms with van der Waals surface area (Å²) in [6.45, 7) is 11.3. The normalized spacial score (nSPS) is 31.0. The van der Waals surface area contributed by atoms with E-state index in [0.29, 0.717) is 35.5 Å². The molecule has 3 aliphatic rings. The van der Waals surface area contributed by atoms with Gasteiger partial charge in [-0.05, 0) is 56.0 Å². The van der Waals surface area contributed by atoms with Gasteiger partial charge < -0.3 is 9.52 Å². The van der Waals surface area contributed by atoms with Crippen molar-refractivity contribution in [2.75, 3.05) is 19.6 Å². The Kier molecular flexibility index (Phi) is 5.34. The average molecular weight is 389 g/mol. The highest BCUT2D eigenvalue weighted by Crippen LogP contribution is 2.52. The maximum absolute atomic E-state index is 12.5. The van der Waals surface area contributed by atoms with Gasteiger partial charge in [-0.25, -0.2) is 4.79 Å². The molecule has 4 rings (SSSR count). The molecule has 3 fully saturated rings. The van der Waals surface area contributed by atoms with E-state index in [1.54, 1.807) is 0 Å². The summed E-state index contributed by atoms with van der Waals surface area (Å²) in [7, 11) is 0. The molecule has 0 spiro atoms. The van der Waals surface area contributed by atoms with Gasteiger partial charge in [0.15, 0.2) is 0 Å². The van der Waals surface area contributed by atoms with Crippen LogP contribution in [0.4, 0.5) is 0 Å². The van der Waals surface area contributed by atoms with Crippen molar-refractivity contribution in [3.8, 4) is 5.75 Å². The molecule has 2 bridgehead atoms. The highest BCUT2D eigenvalue weighted by molar-refractivity contribution is 5.36. The summed E-state index contributed by atoms with van der Waals surface area (Å²) in [5.74, 6) is 0.159. The molecular formula is C23H36N2O3. The van der Waals surface area contributed by atoms with Crippen LogP contribution in [0.15, 0.2) is 15.5 Å². The highest BCUT2D eigenvalue weighted by Gasteiger charge is 2.49. The lowest BCUT2D eigenvalue weighted by molar-refractivity contribution is 0.126. The van der Waals surface area contributed by atoms with Gasteiger partial charge in [0.25, 0.3) is 0 Å². The molecule has 5 nitrogen and oxygen atoms in total. The van der Waals surface area contributed by atoms with Crippen LogP contribution in [0, 0.1) is 10.8 Å². The Morgan fingerprint density at radius 2 is 1.82 bits per heavy atom. The first-order valence-corrected chi connectivity index (χ1v) is 11.0. The van der Waals surface area contributed by atoms with Gasteiger partial charge >= 0.3 is 5.63 Å². The van der Waals surface area contributed by atoms with Gasteiger partial charge in [0.1, 0.15) is 12.0 Å². The first kappa shape index (κ1) is 20.0. The second-order valence-electron chi connectivity index (χ2n) is 10.7. The van der Waals surface area contributed by atoms with Crippen LogP contribution in [0.2, 0.25) is 0 Å². The van der Waals surface area contributed by atoms with E-state index in [9.17, 15) is 9.90 Å². The lowest BCUT2D eigenvalue weighted by atomic mass is 9.65. The third kappa shape index (κ3) is 4.16. The van der Waals surface area contributed by atoms with E-state index >= 15 is 0 Å². The number of hydrogen-bond donors (Lipinski definition) is 1. The third-order valence-electron chi connectivity index (χ3n) is 7.12. The number of likely N-dealkylation sites (tertiary alicyclic amines) is 2. The molecule has 1 N–H and O–H groups in total. The second-order valence-corrected chi connectivity index (χ2v) is 10.7. The lowest BCUT2D eigenvalue weighted by Crippen LogP contribution is -2.35. The molecule has 1 aromatic rings. The highest BCUT2D eigenvalue weighted by atomic mass is 16.4. The van der Waals surface area contributed by atoms with Gasteiger partial charge in [0.05, 0.1) is 5.56 Å². The number of rotatable bonds is 4. The van der Waals surface area contributed by atoms with E-state index in [1.807, 2.05) is 0 Å². The first-order valence-electron chi connectivity index (χ1n) is 11.0. The molecule has 28 heavy (non-hydrogen) atoms. The molecule has 1 saturated carbocycles. The standard InChI is InChI=1S/C23H36N2O3/c1-22(2)10-18-11-23(3,15-22)16-25(18)13-19-20(26)17(14-28-21(19)27)12-24-8-6-4-5-7-9-24/h14,18,26H,4-13,15-16H2,1-3H3/t18-,23-/m1/s1. The van der Waals surface area contributed by atoms with Crippen LogP contribution in [-0.2, 0) is 13.1 Å². The van der Waals surface area contributed by atoms with Crippen molar-refractivity contribution < 1.29 is 9.52 Å². The molecule has 3 heterocycles. The Morgan fingerprint density at radius 1 is 1.11 bits per heavy atom. The van der Waals surface area contributed by atoms with Crippen molar-refractivity contribution >= 4 is 0 Å². The molecule has 2 atom stereocenters. The third-order valence-corrected chi connectivity index (χ3v) is 7.12. The largest absolute Gasteiger partial charge is 0.507 e. The van der Waals surface area contributed by atoms with E-state index in [1.165, 1.54) is 44.8 Å². The quantitative estimate of drug-likeness (QED) is 0.841. The van der Waals surface area contributed by atoms with Crippen molar-refractivity contribution in [1.82, 2.24) is 9.80 Å². The van der Waals surface area contributed by atoms with Crippen LogP contribution in [0.1, 0.15) is 76.8 Å². The monoisotopic (exact) mass is 388 g/mol. The van der Waals surface area contributed by atoms with Crippen molar-refractivity contribution in [1.29, 1.82) is 0 Å². The predicted molar refractivity (Wildman–Crippen MR) is 110 cm³/mol. The van der Waals surface area contributed by atoms with Crippen LogP contribution in [0.25, 0.3) is 0 Å². The number of hydrogen-bond acceptors (Lipinski definition) is 5. The van der Waals surface area contributed by atoms with E-state index in [2.05, 4.69) is 30.6 Å². The number of fused-ring (bicyclic) bond motifs is 2. The van der Waals surface area contributed by atoms with Crippen LogP contribution in [-0.4, -0.2) is 40.6 Å². The minimum Gasteiger partial charge on any atom is -0.507 e. The Balaban J connectivity index is 1.53. The molecule has 1 aromatic heterocycles. The van der Waals surface area contributed by atoms with Gasteiger partial charge in [-0.2, -0.15) is 0 Å². The summed E-state index contributed by atoms with van der Waals surface area (Å²) >= 11 is 0. The Hall–Kier alpha value is -1.33. The summed E-state index contributed by atoms with van der Waals surface area (Å²) in [5.41, 5.74) is 1.47. The zero-order chi connectivity index (χ0) is 19.9. The number of nitrogens with zero attached hydrogens (tertiary/aromatic N) is 2. The summed E-state index contributed by atoms with van der Waals surface area (Å²) in [6.07, 6.45) is 10.0. The van der Waals surface area contributed by atoms with Gasteiger partial charge in [0, 0.05) is 31.2 Å². The molecule has 0 amide bonds. The topological polar surface area (TPSA) is 56.9 Å². The minimum atomic E-state index is -0.386. The minimum absolute atomic E-state index is 0.159. The smallest absolute Gasteiger partial charge is 0.343 e. The van der Waals surface area contributed by atoms with Crippen LogP contribution in [0.5, 0.6) is 5.75 Å². The first-order chi connectivity index (χ1) is 13.2. The average Bonchev–Trinajstić information content (AvgIpc) is 2.77. The molecule has 5 heteroatoms. The summed E-state index contributed by atoms with van der Waals surface area (Å²) in [6, 6.07) is 0.488. The molecule has 0 radical (unpaired) electrons. The molecular weight excluding hydrogens is 352 g/mol. The van der Waals surface area contributed by atoms with E-state index in [4.69, 9.17) is 4.42 Å². The zero-order valence-electron chi connectivity index (χ0n) is 17.8. The Morgan fingerprint density at radius 3 is 2.54 bits per heavy atom. The van der Waals surface area contributed by atoms with Crippen LogP contribution in [0.3, 0.4) is 0 Å². The maximum atomic E-state index is 12.5. The molecule has 2 saturated heterocycles. The zero-order valence-corrected chi connectivity index (χ0v) is 17.8. The fourth-order valence-electron chi connectivity index (χ4n) is 6.29. The van der Waals surface area contributed by atoms with Gasteiger partial charge in [-0.3, -0.25) is 9.80 Å². The molecule has 2 aliphatic heterocycles. The van der Waals surface area contributed by atoms with Crippen molar-refractivity contribution in [3.63, 3.8) is 0 Å². The lowest BCUT2D eigenvalue weighted by Gasteiger charge is -2.39. The Bertz CT molecular complexity index is 764. The van der Waals surface area contributed by atoms with Gasteiger partial charge in [0.2, 0.25) is 0 Å². The summed E-state index contributed by atoms with van der Waals surface area (Å²) in [4.78, 5) is 17.2. The molecule has 0 unspecified atom stereocenters. The summed E-state index contributed by atoms with van der Waals surface area (Å²) in [5, 5.41) is 10.9. The number of aromatic hydroxyl groups is 1. The van der Waals surface area contributed by atoms with Gasteiger partial charge in [-0.1, -0.05) is 33.6 Å². The fourth-order valence-corrected chi connectivity index (χ4v) is 6.29. The van der Waals surface area contributed by atoms with Crippen LogP contribution >= 0.6 is 0 Å². The Labute approximate surface area is 168 Å². The van der Waals surface area contributed by atoms with Gasteiger partial charge in [-0.15, -0.1) is 0 Å². The van der Waals surface area contributed by atoms with Crippen LogP contribution < -0.4 is 5.63 Å². The maximum Gasteiger partial charge on any atom is 0.343 e.